The topological polar surface area (TPSA) is 47.6 Å². The van der Waals surface area contributed by atoms with E-state index < -0.39 is 76.1 Å². The van der Waals surface area contributed by atoms with Crippen molar-refractivity contribution in [1.82, 2.24) is 0 Å². The molecular formula is C14H2F16N2. The zero-order valence-electron chi connectivity index (χ0n) is 14.1. The molecule has 0 amide bonds. The molecule has 0 unspecified atom stereocenters. The zero-order valence-corrected chi connectivity index (χ0v) is 14.1. The van der Waals surface area contributed by atoms with E-state index in [9.17, 15) is 70.2 Å². The molecular weight excluding hydrogens is 500 g/mol. The van der Waals surface area contributed by atoms with Gasteiger partial charge in [-0.2, -0.15) is 66.7 Å². The normalized spacial score (nSPS) is 14.3. The molecule has 0 aliphatic heterocycles. The van der Waals surface area contributed by atoms with Crippen molar-refractivity contribution in [2.75, 3.05) is 0 Å². The van der Waals surface area contributed by atoms with E-state index in [2.05, 4.69) is 0 Å². The summed E-state index contributed by atoms with van der Waals surface area (Å²) < 4.78 is 212. The fourth-order valence-electron chi connectivity index (χ4n) is 2.21. The molecule has 1 rings (SSSR count). The highest BCUT2D eigenvalue weighted by Crippen LogP contribution is 2.59. The molecule has 18 heteroatoms. The van der Waals surface area contributed by atoms with Crippen molar-refractivity contribution in [1.29, 1.82) is 10.7 Å². The maximum atomic E-state index is 14.3. The van der Waals surface area contributed by atoms with Gasteiger partial charge in [0, 0.05) is 11.8 Å². The van der Waals surface area contributed by atoms with Crippen LogP contribution in [0.2, 0.25) is 0 Å². The lowest BCUT2D eigenvalue weighted by Crippen LogP contribution is -2.54. The first kappa shape index (κ1) is 27.3. The van der Waals surface area contributed by atoms with Crippen molar-refractivity contribution >= 4 is 6.21 Å². The summed E-state index contributed by atoms with van der Waals surface area (Å²) in [6.07, 6.45) is -15.7. The Morgan fingerprint density at radius 2 is 0.938 bits per heavy atom. The summed E-state index contributed by atoms with van der Waals surface area (Å²) in [4.78, 5) is 0. The SMILES string of the molecule is N#Cc1c(F)c(C(F)(F)C(F)(F)C(F)(F)F)c(C(F)(F)C(F)(F)C(F)(F)F)c(F)c1C=N. The zero-order chi connectivity index (χ0) is 25.9. The van der Waals surface area contributed by atoms with Crippen molar-refractivity contribution in [3.63, 3.8) is 0 Å². The Hall–Kier alpha value is -2.74. The van der Waals surface area contributed by atoms with Crippen molar-refractivity contribution in [3.8, 4) is 6.07 Å². The molecule has 0 bridgehead atoms. The Bertz CT molecular complexity index is 963. The van der Waals surface area contributed by atoms with Crippen LogP contribution in [0.1, 0.15) is 22.3 Å². The maximum absolute atomic E-state index is 14.3. The first-order valence-electron chi connectivity index (χ1n) is 7.07. The van der Waals surface area contributed by atoms with Crippen LogP contribution in [0.15, 0.2) is 0 Å². The first-order valence-corrected chi connectivity index (χ1v) is 7.07. The highest BCUT2D eigenvalue weighted by atomic mass is 19.4. The fourth-order valence-corrected chi connectivity index (χ4v) is 2.21. The molecule has 0 atom stereocenters. The van der Waals surface area contributed by atoms with Gasteiger partial charge in [0.15, 0.2) is 5.82 Å². The number of nitriles is 1. The minimum absolute atomic E-state index is 0.326. The van der Waals surface area contributed by atoms with E-state index in [1.807, 2.05) is 0 Å². The van der Waals surface area contributed by atoms with Gasteiger partial charge >= 0.3 is 36.0 Å². The Balaban J connectivity index is 4.44. The van der Waals surface area contributed by atoms with Gasteiger partial charge in [-0.05, 0) is 0 Å². The van der Waals surface area contributed by atoms with Gasteiger partial charge in [-0.3, -0.25) is 0 Å². The highest BCUT2D eigenvalue weighted by Gasteiger charge is 2.79. The molecule has 180 valence electrons. The first-order chi connectivity index (χ1) is 14.0. The second-order valence-corrected chi connectivity index (χ2v) is 5.72. The summed E-state index contributed by atoms with van der Waals surface area (Å²) in [6.45, 7) is 0. The van der Waals surface area contributed by atoms with Crippen LogP contribution in [0.3, 0.4) is 0 Å². The number of hydrogen-bond acceptors (Lipinski definition) is 2. The van der Waals surface area contributed by atoms with Gasteiger partial charge < -0.3 is 5.41 Å². The van der Waals surface area contributed by atoms with Gasteiger partial charge in [0.05, 0.1) is 16.7 Å². The third-order valence-electron chi connectivity index (χ3n) is 3.80. The molecule has 0 heterocycles. The van der Waals surface area contributed by atoms with Crippen LogP contribution in [-0.4, -0.2) is 30.4 Å². The van der Waals surface area contributed by atoms with Gasteiger partial charge in [0.2, 0.25) is 0 Å². The Labute approximate surface area is 164 Å². The molecule has 0 fully saturated rings. The van der Waals surface area contributed by atoms with Gasteiger partial charge in [-0.25, -0.2) is 8.78 Å². The van der Waals surface area contributed by atoms with E-state index in [0.29, 0.717) is 6.07 Å². The average molecular weight is 502 g/mol. The number of hydrogen-bond donors (Lipinski definition) is 1. The van der Waals surface area contributed by atoms with Gasteiger partial charge in [0.25, 0.3) is 0 Å². The van der Waals surface area contributed by atoms with Crippen LogP contribution in [0, 0.1) is 28.4 Å². The number of halogens is 16. The van der Waals surface area contributed by atoms with E-state index in [1.54, 1.807) is 0 Å². The summed E-state index contributed by atoms with van der Waals surface area (Å²) >= 11 is 0. The van der Waals surface area contributed by atoms with E-state index in [-0.39, 0.29) is 0 Å². The Kier molecular flexibility index (Phi) is 6.31. The van der Waals surface area contributed by atoms with Crippen LogP contribution in [-0.2, 0) is 11.8 Å². The summed E-state index contributed by atoms with van der Waals surface area (Å²) in [5, 5.41) is 15.2. The minimum Gasteiger partial charge on any atom is -0.308 e. The molecule has 0 saturated heterocycles. The van der Waals surface area contributed by atoms with Gasteiger partial charge in [-0.1, -0.05) is 0 Å². The van der Waals surface area contributed by atoms with Crippen molar-refractivity contribution in [2.24, 2.45) is 0 Å². The summed E-state index contributed by atoms with van der Waals surface area (Å²) in [5.74, 6) is -37.4. The predicted octanol–water partition coefficient (Wildman–Crippen LogP) is 6.41. The molecule has 0 radical (unpaired) electrons. The lowest BCUT2D eigenvalue weighted by Gasteiger charge is -2.34. The molecule has 1 N–H and O–H groups in total. The lowest BCUT2D eigenvalue weighted by atomic mass is 9.85. The van der Waals surface area contributed by atoms with Crippen LogP contribution in [0.4, 0.5) is 70.2 Å². The van der Waals surface area contributed by atoms with Crippen molar-refractivity contribution in [3.05, 3.63) is 33.9 Å². The van der Waals surface area contributed by atoms with E-state index in [1.165, 1.54) is 0 Å². The summed E-state index contributed by atoms with van der Waals surface area (Å²) in [5.41, 5.74) is -13.3. The largest absolute Gasteiger partial charge is 0.460 e. The van der Waals surface area contributed by atoms with Gasteiger partial charge in [0.1, 0.15) is 11.9 Å². The number of benzene rings is 1. The third-order valence-corrected chi connectivity index (χ3v) is 3.80. The highest BCUT2D eigenvalue weighted by molar-refractivity contribution is 5.83. The van der Waals surface area contributed by atoms with E-state index in [4.69, 9.17) is 10.7 Å². The van der Waals surface area contributed by atoms with Crippen molar-refractivity contribution < 1.29 is 70.2 Å². The molecule has 0 aliphatic carbocycles. The number of rotatable bonds is 5. The second kappa shape index (κ2) is 7.40. The lowest BCUT2D eigenvalue weighted by molar-refractivity contribution is -0.368. The molecule has 0 aliphatic rings. The third kappa shape index (κ3) is 3.50. The molecule has 0 aromatic heterocycles. The Morgan fingerprint density at radius 3 is 1.19 bits per heavy atom. The average Bonchev–Trinajstić information content (AvgIpc) is 2.59. The predicted molar refractivity (Wildman–Crippen MR) is 68.8 cm³/mol. The molecule has 32 heavy (non-hydrogen) atoms. The number of nitrogens with one attached hydrogen (secondary N) is 1. The van der Waals surface area contributed by atoms with E-state index >= 15 is 0 Å². The smallest absolute Gasteiger partial charge is 0.308 e. The molecule has 1 aromatic carbocycles. The number of nitrogens with zero attached hydrogens (tertiary/aromatic N) is 1. The number of alkyl halides is 14. The molecule has 0 spiro atoms. The summed E-state index contributed by atoms with van der Waals surface area (Å²) in [6, 6.07) is 0.326. The van der Waals surface area contributed by atoms with Crippen LogP contribution < -0.4 is 0 Å². The standard InChI is InChI=1S/C14H2F16N2/c15-7-3(1-31)4(2-32)8(16)6(10(19,20)12(23,24)14(28,29)30)5(7)9(17,18)11(21,22)13(25,26)27/h1,31H. The quantitative estimate of drug-likeness (QED) is 0.367. The Morgan fingerprint density at radius 1 is 0.625 bits per heavy atom. The minimum atomic E-state index is -7.65. The van der Waals surface area contributed by atoms with Crippen LogP contribution in [0.5, 0.6) is 0 Å². The summed E-state index contributed by atoms with van der Waals surface area (Å²) in [7, 11) is 0. The second-order valence-electron chi connectivity index (χ2n) is 5.72. The van der Waals surface area contributed by atoms with Gasteiger partial charge in [-0.15, -0.1) is 0 Å². The van der Waals surface area contributed by atoms with Crippen LogP contribution in [0.25, 0.3) is 0 Å². The van der Waals surface area contributed by atoms with Crippen LogP contribution >= 0.6 is 0 Å². The molecule has 2 nitrogen and oxygen atoms in total. The molecule has 0 saturated carbocycles. The molecule has 1 aromatic rings. The van der Waals surface area contributed by atoms with Crippen molar-refractivity contribution in [2.45, 2.75) is 36.0 Å². The van der Waals surface area contributed by atoms with E-state index in [0.717, 1.165) is 0 Å². The maximum Gasteiger partial charge on any atom is 0.460 e. The monoisotopic (exact) mass is 502 g/mol. The fraction of sp³-hybridized carbons (Fsp3) is 0.429.